The monoisotopic (exact) mass is 482 g/mol. The maximum atomic E-state index is 12.7. The first-order valence-electron chi connectivity index (χ1n) is 10.8. The van der Waals surface area contributed by atoms with Gasteiger partial charge in [-0.15, -0.1) is 11.8 Å². The van der Waals surface area contributed by atoms with Crippen molar-refractivity contribution < 1.29 is 32.1 Å². The molecule has 1 atom stereocenters. The van der Waals surface area contributed by atoms with E-state index in [9.17, 15) is 13.2 Å². The fourth-order valence-electron chi connectivity index (χ4n) is 3.23. The lowest BCUT2D eigenvalue weighted by molar-refractivity contribution is -0.380. The number of alkyl halides is 3. The molecule has 33 heavy (non-hydrogen) atoms. The Labute approximate surface area is 197 Å². The standard InChI is InChI=1S/C25H29F3O4S/c1-4-5-6-19(14-29-21-9-7-20(8-10-21)25(26,27)28)16-33-22-11-12-23(17(2)13-22)30-15-24-31-18(3)32-24/h4-5,7-13,18-19,24H,6,14-16H2,1-3H3/b5-4+. The second-order valence-electron chi connectivity index (χ2n) is 7.82. The summed E-state index contributed by atoms with van der Waals surface area (Å²) in [6.07, 6.45) is 0.0592. The van der Waals surface area contributed by atoms with Gasteiger partial charge in [-0.3, -0.25) is 0 Å². The van der Waals surface area contributed by atoms with Crippen LogP contribution in [0.3, 0.4) is 0 Å². The highest BCUT2D eigenvalue weighted by atomic mass is 32.2. The first-order chi connectivity index (χ1) is 15.7. The van der Waals surface area contributed by atoms with Crippen LogP contribution < -0.4 is 9.47 Å². The van der Waals surface area contributed by atoms with Gasteiger partial charge in [-0.25, -0.2) is 0 Å². The molecule has 4 nitrogen and oxygen atoms in total. The molecule has 2 aromatic carbocycles. The van der Waals surface area contributed by atoms with Gasteiger partial charge in [0.15, 0.2) is 12.6 Å². The molecule has 1 heterocycles. The zero-order chi connectivity index (χ0) is 23.8. The molecule has 0 saturated carbocycles. The van der Waals surface area contributed by atoms with Crippen molar-refractivity contribution >= 4 is 11.8 Å². The number of hydrogen-bond donors (Lipinski definition) is 0. The van der Waals surface area contributed by atoms with Gasteiger partial charge < -0.3 is 18.9 Å². The first-order valence-corrected chi connectivity index (χ1v) is 11.8. The van der Waals surface area contributed by atoms with Gasteiger partial charge in [0, 0.05) is 16.6 Å². The SMILES string of the molecule is C/C=C/CC(COc1ccc(C(F)(F)F)cc1)CSc1ccc(OCC2OC(C)O2)c(C)c1. The zero-order valence-electron chi connectivity index (χ0n) is 18.9. The summed E-state index contributed by atoms with van der Waals surface area (Å²) in [6, 6.07) is 10.9. The van der Waals surface area contributed by atoms with E-state index >= 15 is 0 Å². The van der Waals surface area contributed by atoms with Crippen LogP contribution in [0, 0.1) is 12.8 Å². The van der Waals surface area contributed by atoms with E-state index in [1.54, 1.807) is 11.8 Å². The highest BCUT2D eigenvalue weighted by Gasteiger charge is 2.30. The van der Waals surface area contributed by atoms with E-state index in [4.69, 9.17) is 18.9 Å². The van der Waals surface area contributed by atoms with E-state index in [1.807, 2.05) is 39.0 Å². The van der Waals surface area contributed by atoms with E-state index < -0.39 is 11.7 Å². The molecule has 1 aliphatic heterocycles. The van der Waals surface area contributed by atoms with E-state index in [0.29, 0.717) is 19.0 Å². The average Bonchev–Trinajstić information content (AvgIpc) is 2.76. The smallest absolute Gasteiger partial charge is 0.416 e. The van der Waals surface area contributed by atoms with E-state index in [0.717, 1.165) is 40.5 Å². The predicted molar refractivity (Wildman–Crippen MR) is 123 cm³/mol. The number of aryl methyl sites for hydroxylation is 1. The molecule has 0 amide bonds. The van der Waals surface area contributed by atoms with Gasteiger partial charge in [-0.1, -0.05) is 12.2 Å². The van der Waals surface area contributed by atoms with Gasteiger partial charge in [0.05, 0.1) is 12.2 Å². The summed E-state index contributed by atoms with van der Waals surface area (Å²) < 4.78 is 60.5. The minimum absolute atomic E-state index is 0.169. The van der Waals surface area contributed by atoms with Gasteiger partial charge in [-0.2, -0.15) is 13.2 Å². The van der Waals surface area contributed by atoms with Crippen molar-refractivity contribution in [3.8, 4) is 11.5 Å². The summed E-state index contributed by atoms with van der Waals surface area (Å²) in [5.41, 5.74) is 0.347. The summed E-state index contributed by atoms with van der Waals surface area (Å²) >= 11 is 1.72. The molecule has 1 unspecified atom stereocenters. The van der Waals surface area contributed by atoms with E-state index in [1.165, 1.54) is 12.1 Å². The summed E-state index contributed by atoms with van der Waals surface area (Å²) in [5.74, 6) is 2.25. The maximum Gasteiger partial charge on any atom is 0.416 e. The van der Waals surface area contributed by atoms with Crippen LogP contribution >= 0.6 is 11.8 Å². The number of hydrogen-bond acceptors (Lipinski definition) is 5. The quantitative estimate of drug-likeness (QED) is 0.258. The van der Waals surface area contributed by atoms with Gasteiger partial charge in [0.1, 0.15) is 18.1 Å². The molecule has 3 rings (SSSR count). The van der Waals surface area contributed by atoms with Crippen molar-refractivity contribution in [3.05, 3.63) is 65.7 Å². The average molecular weight is 483 g/mol. The lowest BCUT2D eigenvalue weighted by Crippen LogP contribution is -2.42. The fourth-order valence-corrected chi connectivity index (χ4v) is 4.31. The van der Waals surface area contributed by atoms with Crippen molar-refractivity contribution in [1.29, 1.82) is 0 Å². The summed E-state index contributed by atoms with van der Waals surface area (Å²) in [4.78, 5) is 1.12. The minimum atomic E-state index is -4.35. The van der Waals surface area contributed by atoms with Crippen LogP contribution in [-0.4, -0.2) is 31.5 Å². The highest BCUT2D eigenvalue weighted by molar-refractivity contribution is 7.99. The Morgan fingerprint density at radius 3 is 2.42 bits per heavy atom. The Morgan fingerprint density at radius 1 is 1.09 bits per heavy atom. The molecule has 0 bridgehead atoms. The van der Waals surface area contributed by atoms with Gasteiger partial charge in [-0.05, 0) is 75.2 Å². The van der Waals surface area contributed by atoms with Crippen LogP contribution in [0.25, 0.3) is 0 Å². The van der Waals surface area contributed by atoms with Crippen LogP contribution in [0.1, 0.15) is 31.4 Å². The second-order valence-corrected chi connectivity index (χ2v) is 8.92. The molecular weight excluding hydrogens is 453 g/mol. The molecule has 1 aliphatic rings. The van der Waals surface area contributed by atoms with E-state index in [-0.39, 0.29) is 18.5 Å². The van der Waals surface area contributed by atoms with Crippen molar-refractivity contribution in [3.63, 3.8) is 0 Å². The number of thioether (sulfide) groups is 1. The van der Waals surface area contributed by atoms with Crippen molar-refractivity contribution in [1.82, 2.24) is 0 Å². The lowest BCUT2D eigenvalue weighted by Gasteiger charge is -2.33. The van der Waals surface area contributed by atoms with Gasteiger partial charge >= 0.3 is 6.18 Å². The molecule has 2 aromatic rings. The lowest BCUT2D eigenvalue weighted by atomic mass is 10.1. The van der Waals surface area contributed by atoms with E-state index in [2.05, 4.69) is 12.1 Å². The molecule has 0 N–H and O–H groups in total. The molecule has 8 heteroatoms. The molecule has 0 aromatic heterocycles. The highest BCUT2D eigenvalue weighted by Crippen LogP contribution is 2.31. The Kier molecular flexibility index (Phi) is 9.11. The van der Waals surface area contributed by atoms with Gasteiger partial charge in [0.2, 0.25) is 0 Å². The molecule has 1 fully saturated rings. The van der Waals surface area contributed by atoms with Crippen LogP contribution in [0.2, 0.25) is 0 Å². The third-order valence-electron chi connectivity index (χ3n) is 5.07. The third-order valence-corrected chi connectivity index (χ3v) is 6.29. The Morgan fingerprint density at radius 2 is 1.82 bits per heavy atom. The fraction of sp³-hybridized carbons (Fsp3) is 0.440. The number of halogens is 3. The molecule has 0 aliphatic carbocycles. The summed E-state index contributed by atoms with van der Waals surface area (Å²) in [6.45, 7) is 6.57. The van der Waals surface area contributed by atoms with Crippen molar-refractivity contribution in [2.75, 3.05) is 19.0 Å². The molecule has 180 valence electrons. The summed E-state index contributed by atoms with van der Waals surface area (Å²) in [5, 5.41) is 0. The number of benzene rings is 2. The Balaban J connectivity index is 1.50. The number of allylic oxidation sites excluding steroid dienone is 2. The minimum Gasteiger partial charge on any atom is -0.493 e. The molecule has 0 radical (unpaired) electrons. The maximum absolute atomic E-state index is 12.7. The largest absolute Gasteiger partial charge is 0.493 e. The van der Waals surface area contributed by atoms with Crippen molar-refractivity contribution in [2.45, 2.75) is 50.8 Å². The normalized spacial score (nSPS) is 19.3. The second kappa shape index (κ2) is 11.8. The molecule has 0 spiro atoms. The Bertz CT molecular complexity index is 909. The topological polar surface area (TPSA) is 36.9 Å². The van der Waals surface area contributed by atoms with Crippen LogP contribution in [-0.2, 0) is 15.7 Å². The van der Waals surface area contributed by atoms with Crippen LogP contribution in [0.4, 0.5) is 13.2 Å². The zero-order valence-corrected chi connectivity index (χ0v) is 19.7. The number of rotatable bonds is 11. The molecule has 1 saturated heterocycles. The van der Waals surface area contributed by atoms with Gasteiger partial charge in [0.25, 0.3) is 0 Å². The predicted octanol–water partition coefficient (Wildman–Crippen LogP) is 6.87. The first kappa shape index (κ1) is 25.5. The van der Waals surface area contributed by atoms with Crippen LogP contribution in [0.5, 0.6) is 11.5 Å². The van der Waals surface area contributed by atoms with Crippen molar-refractivity contribution in [2.24, 2.45) is 5.92 Å². The van der Waals surface area contributed by atoms with Crippen LogP contribution in [0.15, 0.2) is 59.5 Å². The third kappa shape index (κ3) is 7.98. The number of ether oxygens (including phenoxy) is 4. The molecular formula is C25H29F3O4S. The Hall–Kier alpha value is -2.16. The summed E-state index contributed by atoms with van der Waals surface area (Å²) in [7, 11) is 0.